The second-order valence-corrected chi connectivity index (χ2v) is 15.1. The SMILES string of the molecule is CC/C=C\C/C=C\C/C=C\C/C=C\C/C=C\CCCCCCCCCCCCCC(=O)NC(COC1OC(CO)C(O)C(O)C1O)C(O)/C=C/CCCCCC. The number of carbonyl (C=O) groups excluding carboxylic acids is 1. The lowest BCUT2D eigenvalue weighted by Gasteiger charge is -2.40. The number of ether oxygens (including phenoxy) is 2. The fraction of sp³-hybridized carbons (Fsp3) is 0.723. The van der Waals surface area contributed by atoms with Crippen molar-refractivity contribution in [1.29, 1.82) is 0 Å². The predicted octanol–water partition coefficient (Wildman–Crippen LogP) is 9.00. The zero-order valence-electron chi connectivity index (χ0n) is 35.1. The highest BCUT2D eigenvalue weighted by atomic mass is 16.7. The van der Waals surface area contributed by atoms with Gasteiger partial charge in [-0.05, 0) is 64.2 Å². The minimum atomic E-state index is -1.57. The van der Waals surface area contributed by atoms with E-state index in [1.54, 1.807) is 6.08 Å². The number of aliphatic hydroxyl groups excluding tert-OH is 5. The van der Waals surface area contributed by atoms with Crippen LogP contribution in [-0.4, -0.2) is 87.5 Å². The molecule has 56 heavy (non-hydrogen) atoms. The summed E-state index contributed by atoms with van der Waals surface area (Å²) in [7, 11) is 0. The molecule has 1 aliphatic rings. The number of unbranched alkanes of at least 4 members (excludes halogenated alkanes) is 15. The Morgan fingerprint density at radius 2 is 1.11 bits per heavy atom. The number of rotatable bonds is 35. The van der Waals surface area contributed by atoms with Gasteiger partial charge in [0.15, 0.2) is 6.29 Å². The highest BCUT2D eigenvalue weighted by Gasteiger charge is 2.44. The molecule has 6 N–H and O–H groups in total. The molecule has 0 bridgehead atoms. The third-order valence-corrected chi connectivity index (χ3v) is 10.0. The van der Waals surface area contributed by atoms with Gasteiger partial charge in [-0.2, -0.15) is 0 Å². The summed E-state index contributed by atoms with van der Waals surface area (Å²) in [6.45, 7) is 3.55. The Kier molecular flexibility index (Phi) is 34.1. The number of nitrogens with one attached hydrogen (secondary N) is 1. The van der Waals surface area contributed by atoms with Crippen molar-refractivity contribution in [3.63, 3.8) is 0 Å². The van der Waals surface area contributed by atoms with Crippen molar-refractivity contribution in [3.05, 3.63) is 72.9 Å². The molecule has 1 rings (SSSR count). The van der Waals surface area contributed by atoms with E-state index >= 15 is 0 Å². The molecule has 0 saturated carbocycles. The quantitative estimate of drug-likeness (QED) is 0.0276. The van der Waals surface area contributed by atoms with E-state index in [1.165, 1.54) is 57.8 Å². The Morgan fingerprint density at radius 1 is 0.625 bits per heavy atom. The van der Waals surface area contributed by atoms with Gasteiger partial charge < -0.3 is 40.3 Å². The number of amides is 1. The third kappa shape index (κ3) is 27.3. The summed E-state index contributed by atoms with van der Waals surface area (Å²) in [6, 6.07) is -0.806. The molecule has 0 aromatic carbocycles. The molecule has 9 heteroatoms. The van der Waals surface area contributed by atoms with Crippen LogP contribution in [-0.2, 0) is 14.3 Å². The first kappa shape index (κ1) is 51.6. The molecule has 1 fully saturated rings. The lowest BCUT2D eigenvalue weighted by atomic mass is 9.99. The second-order valence-electron chi connectivity index (χ2n) is 15.1. The fourth-order valence-corrected chi connectivity index (χ4v) is 6.47. The van der Waals surface area contributed by atoms with E-state index in [-0.39, 0.29) is 12.5 Å². The van der Waals surface area contributed by atoms with Crippen LogP contribution in [0.1, 0.15) is 162 Å². The van der Waals surface area contributed by atoms with Gasteiger partial charge in [0, 0.05) is 6.42 Å². The standard InChI is InChI=1S/C47H81NO8/c1-3-5-7-9-11-12-13-14-15-16-17-18-19-20-21-22-23-24-25-26-27-28-29-30-31-33-35-37-43(51)48-40(41(50)36-34-32-10-8-6-4-2)39-55-47-46(54)45(53)44(52)42(38-49)56-47/h5,7,11-12,14-15,17-18,20-21,34,36,40-42,44-47,49-50,52-54H,3-4,6,8-10,13,16,19,22-33,35,37-39H2,1-2H3,(H,48,51)/b7-5-,12-11-,15-14-,18-17-,21-20-,36-34+. The van der Waals surface area contributed by atoms with Crippen LogP contribution in [0, 0.1) is 0 Å². The fourth-order valence-electron chi connectivity index (χ4n) is 6.47. The Hall–Kier alpha value is -2.37. The molecule has 0 radical (unpaired) electrons. The van der Waals surface area contributed by atoms with Crippen LogP contribution in [0.5, 0.6) is 0 Å². The smallest absolute Gasteiger partial charge is 0.220 e. The molecule has 1 saturated heterocycles. The van der Waals surface area contributed by atoms with Gasteiger partial charge in [0.05, 0.1) is 25.4 Å². The van der Waals surface area contributed by atoms with Crippen molar-refractivity contribution in [1.82, 2.24) is 5.32 Å². The van der Waals surface area contributed by atoms with E-state index < -0.39 is 49.5 Å². The molecule has 7 atom stereocenters. The Bertz CT molecular complexity index is 1100. The molecule has 0 aromatic rings. The van der Waals surface area contributed by atoms with Gasteiger partial charge in [-0.15, -0.1) is 0 Å². The molecule has 0 aliphatic carbocycles. The lowest BCUT2D eigenvalue weighted by Crippen LogP contribution is -2.60. The first-order chi connectivity index (χ1) is 27.3. The van der Waals surface area contributed by atoms with Crippen molar-refractivity contribution >= 4 is 5.91 Å². The molecule has 0 aromatic heterocycles. The summed E-state index contributed by atoms with van der Waals surface area (Å²) in [5.41, 5.74) is 0. The zero-order chi connectivity index (χ0) is 40.9. The van der Waals surface area contributed by atoms with Gasteiger partial charge in [-0.1, -0.05) is 164 Å². The first-order valence-corrected chi connectivity index (χ1v) is 22.2. The van der Waals surface area contributed by atoms with Crippen LogP contribution in [0.25, 0.3) is 0 Å². The molecule has 322 valence electrons. The van der Waals surface area contributed by atoms with Crippen molar-refractivity contribution in [3.8, 4) is 0 Å². The van der Waals surface area contributed by atoms with Crippen LogP contribution in [0.2, 0.25) is 0 Å². The van der Waals surface area contributed by atoms with Gasteiger partial charge in [0.1, 0.15) is 24.4 Å². The molecule has 1 aliphatic heterocycles. The summed E-state index contributed by atoms with van der Waals surface area (Å²) in [5.74, 6) is -0.191. The van der Waals surface area contributed by atoms with E-state index in [2.05, 4.69) is 79.9 Å². The predicted molar refractivity (Wildman–Crippen MR) is 230 cm³/mol. The molecular formula is C47H81NO8. The highest BCUT2D eigenvalue weighted by molar-refractivity contribution is 5.76. The Balaban J connectivity index is 2.17. The van der Waals surface area contributed by atoms with Crippen molar-refractivity contribution in [2.24, 2.45) is 0 Å². The minimum Gasteiger partial charge on any atom is -0.394 e. The number of carbonyl (C=O) groups is 1. The number of hydrogen-bond donors (Lipinski definition) is 6. The normalized spacial score (nSPS) is 21.9. The Labute approximate surface area is 340 Å². The Morgan fingerprint density at radius 3 is 1.64 bits per heavy atom. The van der Waals surface area contributed by atoms with Gasteiger partial charge in [-0.3, -0.25) is 4.79 Å². The lowest BCUT2D eigenvalue weighted by molar-refractivity contribution is -0.302. The summed E-state index contributed by atoms with van der Waals surface area (Å²) >= 11 is 0. The first-order valence-electron chi connectivity index (χ1n) is 22.2. The molecule has 9 nitrogen and oxygen atoms in total. The highest BCUT2D eigenvalue weighted by Crippen LogP contribution is 2.22. The largest absolute Gasteiger partial charge is 0.394 e. The van der Waals surface area contributed by atoms with Crippen LogP contribution >= 0.6 is 0 Å². The van der Waals surface area contributed by atoms with Gasteiger partial charge in [0.2, 0.25) is 5.91 Å². The molecule has 1 heterocycles. The maximum atomic E-state index is 12.9. The van der Waals surface area contributed by atoms with Crippen molar-refractivity contribution in [2.45, 2.75) is 204 Å². The minimum absolute atomic E-state index is 0.191. The maximum absolute atomic E-state index is 12.9. The van der Waals surface area contributed by atoms with Crippen LogP contribution < -0.4 is 5.32 Å². The summed E-state index contributed by atoms with van der Waals surface area (Å²) in [5, 5.41) is 53.8. The average Bonchev–Trinajstić information content (AvgIpc) is 3.20. The monoisotopic (exact) mass is 788 g/mol. The number of allylic oxidation sites excluding steroid dienone is 11. The zero-order valence-corrected chi connectivity index (χ0v) is 35.1. The number of hydrogen-bond acceptors (Lipinski definition) is 8. The van der Waals surface area contributed by atoms with E-state index in [4.69, 9.17) is 9.47 Å². The van der Waals surface area contributed by atoms with Crippen LogP contribution in [0.3, 0.4) is 0 Å². The topological polar surface area (TPSA) is 149 Å². The second kappa shape index (κ2) is 36.9. The summed E-state index contributed by atoms with van der Waals surface area (Å²) in [6.07, 6.45) is 42.7. The molecule has 7 unspecified atom stereocenters. The molecular weight excluding hydrogens is 707 g/mol. The molecule has 1 amide bonds. The van der Waals surface area contributed by atoms with Crippen LogP contribution in [0.15, 0.2) is 72.9 Å². The molecule has 0 spiro atoms. The van der Waals surface area contributed by atoms with E-state index in [0.29, 0.717) is 6.42 Å². The van der Waals surface area contributed by atoms with Gasteiger partial charge in [-0.25, -0.2) is 0 Å². The third-order valence-electron chi connectivity index (χ3n) is 10.0. The van der Waals surface area contributed by atoms with Crippen molar-refractivity contribution in [2.75, 3.05) is 13.2 Å². The number of aliphatic hydroxyl groups is 5. The van der Waals surface area contributed by atoms with E-state index in [1.807, 2.05) is 6.08 Å². The van der Waals surface area contributed by atoms with Gasteiger partial charge >= 0.3 is 0 Å². The summed E-state index contributed by atoms with van der Waals surface area (Å²) in [4.78, 5) is 12.9. The van der Waals surface area contributed by atoms with Crippen molar-refractivity contribution < 1.29 is 39.8 Å². The average molecular weight is 788 g/mol. The van der Waals surface area contributed by atoms with E-state index in [0.717, 1.165) is 83.5 Å². The maximum Gasteiger partial charge on any atom is 0.220 e. The van der Waals surface area contributed by atoms with Gasteiger partial charge in [0.25, 0.3) is 0 Å². The van der Waals surface area contributed by atoms with Crippen LogP contribution in [0.4, 0.5) is 0 Å². The van der Waals surface area contributed by atoms with E-state index in [9.17, 15) is 30.3 Å². The summed E-state index contributed by atoms with van der Waals surface area (Å²) < 4.78 is 11.1.